The molecule has 0 aromatic heterocycles. The first-order valence-electron chi connectivity index (χ1n) is 10.4. The van der Waals surface area contributed by atoms with Gasteiger partial charge in [0, 0.05) is 11.1 Å². The number of fused-ring (bicyclic) bond motifs is 5. The highest BCUT2D eigenvalue weighted by Crippen LogP contribution is 2.50. The fraction of sp³-hybridized carbons (Fsp3) is 0.231. The Balaban J connectivity index is 1.50. The van der Waals surface area contributed by atoms with Gasteiger partial charge in [0.1, 0.15) is 5.75 Å². The summed E-state index contributed by atoms with van der Waals surface area (Å²) < 4.78 is 5.37. The van der Waals surface area contributed by atoms with E-state index in [1.54, 1.807) is 13.2 Å². The third-order valence-corrected chi connectivity index (χ3v) is 6.27. The van der Waals surface area contributed by atoms with Gasteiger partial charge >= 0.3 is 0 Å². The summed E-state index contributed by atoms with van der Waals surface area (Å²) in [7, 11) is 1.60. The van der Waals surface area contributed by atoms with Crippen molar-refractivity contribution in [2.45, 2.75) is 25.3 Å². The predicted octanol–water partition coefficient (Wildman–Crippen LogP) is 4.97. The van der Waals surface area contributed by atoms with E-state index < -0.39 is 0 Å². The lowest BCUT2D eigenvalue weighted by Crippen LogP contribution is -2.55. The molecule has 5 rings (SSSR count). The number of amides is 1. The lowest BCUT2D eigenvalue weighted by Gasteiger charge is -2.47. The molecule has 30 heavy (non-hydrogen) atoms. The first-order valence-corrected chi connectivity index (χ1v) is 10.4. The van der Waals surface area contributed by atoms with Crippen molar-refractivity contribution in [1.82, 2.24) is 0 Å². The minimum atomic E-state index is -0.111. The number of β-lactam (4-membered cyclic amide) rings is 1. The minimum Gasteiger partial charge on any atom is -0.497 e. The number of ketones is 1. The van der Waals surface area contributed by atoms with E-state index >= 15 is 0 Å². The Labute approximate surface area is 176 Å². The lowest BCUT2D eigenvalue weighted by molar-refractivity contribution is -0.130. The van der Waals surface area contributed by atoms with E-state index in [0.717, 1.165) is 24.8 Å². The number of ether oxygens (including phenoxy) is 1. The molecule has 0 saturated carbocycles. The highest BCUT2D eigenvalue weighted by atomic mass is 16.5. The van der Waals surface area contributed by atoms with Crippen LogP contribution in [0.15, 0.2) is 72.8 Å². The molecule has 1 amide bonds. The summed E-state index contributed by atoms with van der Waals surface area (Å²) in [5.74, 6) is 0.598. The average Bonchev–Trinajstić information content (AvgIpc) is 2.88. The number of para-hydroxylation sites is 1. The molecule has 0 bridgehead atoms. The summed E-state index contributed by atoms with van der Waals surface area (Å²) in [6.45, 7) is 0. The Bertz CT molecular complexity index is 1120. The Morgan fingerprint density at radius 3 is 2.47 bits per heavy atom. The number of aryl methyl sites for hydroxylation is 1. The second-order valence-corrected chi connectivity index (χ2v) is 7.94. The molecule has 3 aromatic carbocycles. The molecular weight excluding hydrogens is 374 g/mol. The van der Waals surface area contributed by atoms with Gasteiger partial charge in [0.25, 0.3) is 0 Å². The van der Waals surface area contributed by atoms with E-state index in [0.29, 0.717) is 22.6 Å². The van der Waals surface area contributed by atoms with Gasteiger partial charge in [-0.1, -0.05) is 48.5 Å². The zero-order chi connectivity index (χ0) is 20.7. The van der Waals surface area contributed by atoms with E-state index in [1.807, 2.05) is 59.5 Å². The molecule has 2 aliphatic rings. The lowest BCUT2D eigenvalue weighted by atomic mass is 9.78. The van der Waals surface area contributed by atoms with Crippen LogP contribution in [0.5, 0.6) is 5.75 Å². The molecule has 3 aromatic rings. The van der Waals surface area contributed by atoms with Crippen LogP contribution >= 0.6 is 0 Å². The molecule has 0 aliphatic carbocycles. The van der Waals surface area contributed by atoms with Crippen LogP contribution in [0.2, 0.25) is 0 Å². The predicted molar refractivity (Wildman–Crippen MR) is 116 cm³/mol. The number of benzene rings is 3. The number of carbonyl (C=O) groups is 2. The van der Waals surface area contributed by atoms with Crippen molar-refractivity contribution in [1.29, 1.82) is 0 Å². The topological polar surface area (TPSA) is 46.6 Å². The number of hydrogen-bond acceptors (Lipinski definition) is 3. The summed E-state index contributed by atoms with van der Waals surface area (Å²) in [5.41, 5.74) is 4.13. The quantitative estimate of drug-likeness (QED) is 0.571. The smallest absolute Gasteiger partial charge is 0.233 e. The number of nitrogens with zero attached hydrogens (tertiary/aromatic N) is 1. The van der Waals surface area contributed by atoms with Crippen molar-refractivity contribution in [3.63, 3.8) is 0 Å². The molecule has 4 nitrogen and oxygen atoms in total. The van der Waals surface area contributed by atoms with Crippen molar-refractivity contribution in [3.8, 4) is 5.75 Å². The van der Waals surface area contributed by atoms with E-state index in [1.165, 1.54) is 5.56 Å². The Morgan fingerprint density at radius 2 is 1.67 bits per heavy atom. The van der Waals surface area contributed by atoms with Crippen molar-refractivity contribution < 1.29 is 14.3 Å². The summed E-state index contributed by atoms with van der Waals surface area (Å²) in [4.78, 5) is 28.3. The van der Waals surface area contributed by atoms with Crippen LogP contribution in [0.3, 0.4) is 0 Å². The highest BCUT2D eigenvalue weighted by molar-refractivity contribution is 6.19. The molecule has 0 spiro atoms. The second kappa shape index (κ2) is 7.45. The highest BCUT2D eigenvalue weighted by Gasteiger charge is 2.51. The molecule has 4 heteroatoms. The first-order chi connectivity index (χ1) is 14.7. The Kier molecular flexibility index (Phi) is 4.62. The Hall–Kier alpha value is -3.40. The van der Waals surface area contributed by atoms with Gasteiger partial charge in [-0.15, -0.1) is 0 Å². The van der Waals surface area contributed by atoms with Gasteiger partial charge in [-0.05, 0) is 54.7 Å². The van der Waals surface area contributed by atoms with Gasteiger partial charge in [-0.3, -0.25) is 9.59 Å². The SMILES string of the molecule is COc1ccc2c(c1)C(=O)c1ccccc1N1C(=O)[C@H](CCCc3ccccc3)[C@@H]21. The molecule has 0 radical (unpaired) electrons. The largest absolute Gasteiger partial charge is 0.497 e. The number of hydrogen-bond donors (Lipinski definition) is 0. The standard InChI is InChI=1S/C26H23NO3/c1-30-18-14-15-19-22(16-18)25(28)20-11-5-6-13-23(20)27-24(19)21(26(27)29)12-7-10-17-8-3-2-4-9-17/h2-6,8-9,11,13-16,21,24H,7,10,12H2,1H3/t21-,24-/m1/s1. The molecular formula is C26H23NO3. The maximum atomic E-state index is 13.3. The van der Waals surface area contributed by atoms with Crippen LogP contribution in [0.1, 0.15) is 45.9 Å². The Morgan fingerprint density at radius 1 is 0.900 bits per heavy atom. The van der Waals surface area contributed by atoms with Gasteiger partial charge in [-0.2, -0.15) is 0 Å². The van der Waals surface area contributed by atoms with E-state index in [-0.39, 0.29) is 23.7 Å². The second-order valence-electron chi connectivity index (χ2n) is 7.94. The molecule has 2 aliphatic heterocycles. The van der Waals surface area contributed by atoms with E-state index in [9.17, 15) is 9.59 Å². The minimum absolute atomic E-state index is 0.0512. The van der Waals surface area contributed by atoms with Crippen molar-refractivity contribution in [2.24, 2.45) is 5.92 Å². The first kappa shape index (κ1) is 18.6. The van der Waals surface area contributed by atoms with E-state index in [2.05, 4.69) is 12.1 Å². The van der Waals surface area contributed by atoms with Crippen LogP contribution < -0.4 is 9.64 Å². The maximum Gasteiger partial charge on any atom is 0.233 e. The monoisotopic (exact) mass is 397 g/mol. The zero-order valence-electron chi connectivity index (χ0n) is 16.9. The molecule has 1 saturated heterocycles. The molecule has 2 heterocycles. The van der Waals surface area contributed by atoms with Crippen molar-refractivity contribution in [3.05, 3.63) is 95.1 Å². The fourth-order valence-electron chi connectivity index (χ4n) is 4.76. The number of rotatable bonds is 5. The van der Waals surface area contributed by atoms with Crippen LogP contribution in [0.4, 0.5) is 5.69 Å². The maximum absolute atomic E-state index is 13.3. The average molecular weight is 397 g/mol. The number of methoxy groups -OCH3 is 1. The summed E-state index contributed by atoms with van der Waals surface area (Å²) in [6, 6.07) is 23.3. The van der Waals surface area contributed by atoms with Gasteiger partial charge in [0.15, 0.2) is 5.78 Å². The van der Waals surface area contributed by atoms with Crippen molar-refractivity contribution >= 4 is 17.4 Å². The van der Waals surface area contributed by atoms with Gasteiger partial charge in [0.2, 0.25) is 5.91 Å². The number of anilines is 1. The van der Waals surface area contributed by atoms with Crippen LogP contribution in [-0.2, 0) is 11.2 Å². The van der Waals surface area contributed by atoms with Crippen LogP contribution in [0, 0.1) is 5.92 Å². The summed E-state index contributed by atoms with van der Waals surface area (Å²) >= 11 is 0. The van der Waals surface area contributed by atoms with Crippen LogP contribution in [-0.4, -0.2) is 18.8 Å². The molecule has 0 unspecified atom stereocenters. The molecule has 1 fully saturated rings. The zero-order valence-corrected chi connectivity index (χ0v) is 16.9. The molecule has 2 atom stereocenters. The van der Waals surface area contributed by atoms with E-state index in [4.69, 9.17) is 4.74 Å². The molecule has 0 N–H and O–H groups in total. The van der Waals surface area contributed by atoms with Crippen molar-refractivity contribution in [2.75, 3.05) is 12.0 Å². The van der Waals surface area contributed by atoms with Gasteiger partial charge in [-0.25, -0.2) is 0 Å². The van der Waals surface area contributed by atoms with Gasteiger partial charge < -0.3 is 9.64 Å². The number of carbonyl (C=O) groups excluding carboxylic acids is 2. The van der Waals surface area contributed by atoms with Crippen LogP contribution in [0.25, 0.3) is 0 Å². The summed E-state index contributed by atoms with van der Waals surface area (Å²) in [5, 5.41) is 0. The third-order valence-electron chi connectivity index (χ3n) is 6.27. The van der Waals surface area contributed by atoms with Gasteiger partial charge in [0.05, 0.1) is 24.8 Å². The normalized spacial score (nSPS) is 19.3. The third kappa shape index (κ3) is 2.91. The fourth-order valence-corrected chi connectivity index (χ4v) is 4.76. The summed E-state index contributed by atoms with van der Waals surface area (Å²) in [6.07, 6.45) is 2.69. The molecule has 150 valence electrons.